The second kappa shape index (κ2) is 6.57. The lowest BCUT2D eigenvalue weighted by molar-refractivity contribution is 0.372. The van der Waals surface area contributed by atoms with E-state index in [2.05, 4.69) is 10.1 Å². The maximum atomic E-state index is 6.34. The number of aromatic nitrogens is 2. The van der Waals surface area contributed by atoms with E-state index in [1.54, 1.807) is 11.8 Å². The molecule has 0 radical (unpaired) electrons. The van der Waals surface area contributed by atoms with Crippen molar-refractivity contribution < 1.29 is 4.52 Å². The summed E-state index contributed by atoms with van der Waals surface area (Å²) in [5.41, 5.74) is 6.67. The second-order valence-corrected chi connectivity index (χ2v) is 6.42. The Morgan fingerprint density at radius 1 is 1.33 bits per heavy atom. The Bertz CT molecular complexity index is 626. The van der Waals surface area contributed by atoms with Crippen molar-refractivity contribution in [2.75, 3.05) is 6.26 Å². The zero-order chi connectivity index (χ0) is 14.2. The van der Waals surface area contributed by atoms with Gasteiger partial charge in [0.1, 0.15) is 0 Å². The molecule has 3 rings (SSSR count). The summed E-state index contributed by atoms with van der Waals surface area (Å²) in [6, 6.07) is 5.78. The number of hydrogen-bond acceptors (Lipinski definition) is 5. The SMILES string of the molecule is CSc1ccc(Cl)c(-c2nc(C3(N)CCCC3)no2)c1.Cl. The minimum atomic E-state index is -0.439. The molecule has 1 aliphatic rings. The second-order valence-electron chi connectivity index (χ2n) is 5.13. The van der Waals surface area contributed by atoms with E-state index in [4.69, 9.17) is 21.9 Å². The molecule has 0 bridgehead atoms. The Labute approximate surface area is 139 Å². The van der Waals surface area contributed by atoms with Crippen LogP contribution in [0.5, 0.6) is 0 Å². The smallest absolute Gasteiger partial charge is 0.259 e. The van der Waals surface area contributed by atoms with Gasteiger partial charge in [0.2, 0.25) is 0 Å². The summed E-state index contributed by atoms with van der Waals surface area (Å²) in [6.07, 6.45) is 6.06. The average molecular weight is 346 g/mol. The van der Waals surface area contributed by atoms with E-state index in [0.717, 1.165) is 36.1 Å². The maximum Gasteiger partial charge on any atom is 0.259 e. The number of hydrogen-bond donors (Lipinski definition) is 1. The topological polar surface area (TPSA) is 64.9 Å². The highest BCUT2D eigenvalue weighted by atomic mass is 35.5. The van der Waals surface area contributed by atoms with Crippen LogP contribution in [0, 0.1) is 0 Å². The van der Waals surface area contributed by atoms with Crippen LogP contribution in [-0.4, -0.2) is 16.4 Å². The fourth-order valence-electron chi connectivity index (χ4n) is 2.56. The summed E-state index contributed by atoms with van der Waals surface area (Å²) >= 11 is 7.87. The van der Waals surface area contributed by atoms with Crippen molar-refractivity contribution in [2.24, 2.45) is 5.73 Å². The third-order valence-corrected chi connectivity index (χ3v) is 4.83. The largest absolute Gasteiger partial charge is 0.334 e. The van der Waals surface area contributed by atoms with Crippen LogP contribution < -0.4 is 5.73 Å². The van der Waals surface area contributed by atoms with Crippen LogP contribution in [0.3, 0.4) is 0 Å². The van der Waals surface area contributed by atoms with Crippen LogP contribution in [0.2, 0.25) is 5.02 Å². The van der Waals surface area contributed by atoms with Crippen LogP contribution in [0.4, 0.5) is 0 Å². The lowest BCUT2D eigenvalue weighted by Gasteiger charge is -2.17. The lowest BCUT2D eigenvalue weighted by Crippen LogP contribution is -2.34. The van der Waals surface area contributed by atoms with E-state index < -0.39 is 5.54 Å². The Hall–Kier alpha value is -0.750. The highest BCUT2D eigenvalue weighted by Crippen LogP contribution is 2.36. The molecule has 0 spiro atoms. The zero-order valence-electron chi connectivity index (χ0n) is 11.6. The Morgan fingerprint density at radius 2 is 2.05 bits per heavy atom. The molecule has 0 amide bonds. The molecule has 114 valence electrons. The van der Waals surface area contributed by atoms with Crippen molar-refractivity contribution in [1.29, 1.82) is 0 Å². The predicted molar refractivity (Wildman–Crippen MR) is 88.1 cm³/mol. The summed E-state index contributed by atoms with van der Waals surface area (Å²) in [5, 5.41) is 4.67. The maximum absolute atomic E-state index is 6.34. The molecule has 1 aromatic heterocycles. The van der Waals surface area contributed by atoms with E-state index in [1.807, 2.05) is 24.5 Å². The number of nitrogens with two attached hydrogens (primary N) is 1. The molecule has 0 saturated heterocycles. The van der Waals surface area contributed by atoms with Crippen molar-refractivity contribution in [3.8, 4) is 11.5 Å². The van der Waals surface area contributed by atoms with Crippen molar-refractivity contribution in [1.82, 2.24) is 10.1 Å². The first-order valence-corrected chi connectivity index (χ1v) is 8.20. The van der Waals surface area contributed by atoms with Gasteiger partial charge >= 0.3 is 0 Å². The molecule has 2 aromatic rings. The number of rotatable bonds is 3. The normalized spacial score (nSPS) is 16.7. The molecule has 2 N–H and O–H groups in total. The molecular formula is C14H17Cl2N3OS. The van der Waals surface area contributed by atoms with Gasteiger partial charge in [0, 0.05) is 4.90 Å². The van der Waals surface area contributed by atoms with Crippen molar-refractivity contribution in [3.05, 3.63) is 29.0 Å². The molecule has 1 fully saturated rings. The Balaban J connectivity index is 0.00000161. The van der Waals surface area contributed by atoms with Crippen LogP contribution in [0.1, 0.15) is 31.5 Å². The van der Waals surface area contributed by atoms with Gasteiger partial charge in [0.15, 0.2) is 5.82 Å². The van der Waals surface area contributed by atoms with Crippen LogP contribution in [0.15, 0.2) is 27.6 Å². The monoisotopic (exact) mass is 345 g/mol. The summed E-state index contributed by atoms with van der Waals surface area (Å²) in [6.45, 7) is 0. The van der Waals surface area contributed by atoms with E-state index in [1.165, 1.54) is 0 Å². The minimum Gasteiger partial charge on any atom is -0.334 e. The number of nitrogens with zero attached hydrogens (tertiary/aromatic N) is 2. The summed E-state index contributed by atoms with van der Waals surface area (Å²) < 4.78 is 5.37. The van der Waals surface area contributed by atoms with Crippen molar-refractivity contribution in [3.63, 3.8) is 0 Å². The highest BCUT2D eigenvalue weighted by molar-refractivity contribution is 7.98. The quantitative estimate of drug-likeness (QED) is 0.841. The van der Waals surface area contributed by atoms with E-state index in [9.17, 15) is 0 Å². The first-order chi connectivity index (χ1) is 9.62. The molecule has 1 saturated carbocycles. The van der Waals surface area contributed by atoms with E-state index in [-0.39, 0.29) is 12.4 Å². The third-order valence-electron chi connectivity index (χ3n) is 3.77. The fraction of sp³-hybridized carbons (Fsp3) is 0.429. The van der Waals surface area contributed by atoms with Gasteiger partial charge in [0.25, 0.3) is 5.89 Å². The molecule has 0 unspecified atom stereocenters. The van der Waals surface area contributed by atoms with Crippen LogP contribution in [-0.2, 0) is 5.54 Å². The summed E-state index contributed by atoms with van der Waals surface area (Å²) in [7, 11) is 0. The summed E-state index contributed by atoms with van der Waals surface area (Å²) in [4.78, 5) is 5.58. The summed E-state index contributed by atoms with van der Waals surface area (Å²) in [5.74, 6) is 1.04. The molecule has 21 heavy (non-hydrogen) atoms. The molecule has 1 heterocycles. The Morgan fingerprint density at radius 3 is 2.71 bits per heavy atom. The van der Waals surface area contributed by atoms with Crippen LogP contribution >= 0.6 is 35.8 Å². The highest BCUT2D eigenvalue weighted by Gasteiger charge is 2.36. The molecule has 7 heteroatoms. The van der Waals surface area contributed by atoms with Gasteiger partial charge in [0.05, 0.1) is 16.1 Å². The van der Waals surface area contributed by atoms with Crippen molar-refractivity contribution >= 4 is 35.8 Å². The standard InChI is InChI=1S/C14H16ClN3OS.ClH/c1-20-9-4-5-11(15)10(8-9)12-17-13(18-19-12)14(16)6-2-3-7-14;/h4-5,8H,2-3,6-7,16H2,1H3;1H. The number of benzene rings is 1. The molecule has 1 aromatic carbocycles. The molecule has 0 atom stereocenters. The van der Waals surface area contributed by atoms with Gasteiger partial charge in [-0.3, -0.25) is 0 Å². The van der Waals surface area contributed by atoms with Gasteiger partial charge in [-0.2, -0.15) is 4.98 Å². The zero-order valence-corrected chi connectivity index (χ0v) is 14.0. The minimum absolute atomic E-state index is 0. The van der Waals surface area contributed by atoms with Crippen molar-refractivity contribution in [2.45, 2.75) is 36.1 Å². The van der Waals surface area contributed by atoms with E-state index in [0.29, 0.717) is 16.7 Å². The van der Waals surface area contributed by atoms with Crippen LogP contribution in [0.25, 0.3) is 11.5 Å². The molecular weight excluding hydrogens is 329 g/mol. The van der Waals surface area contributed by atoms with Gasteiger partial charge in [-0.1, -0.05) is 29.6 Å². The Kier molecular flexibility index (Phi) is 5.20. The molecule has 1 aliphatic carbocycles. The first-order valence-electron chi connectivity index (χ1n) is 6.59. The number of thioether (sulfide) groups is 1. The fourth-order valence-corrected chi connectivity index (χ4v) is 3.20. The lowest BCUT2D eigenvalue weighted by atomic mass is 9.99. The van der Waals surface area contributed by atoms with Gasteiger partial charge < -0.3 is 10.3 Å². The van der Waals surface area contributed by atoms with Gasteiger partial charge in [-0.25, -0.2) is 0 Å². The number of halogens is 2. The molecule has 4 nitrogen and oxygen atoms in total. The third kappa shape index (κ3) is 3.21. The van der Waals surface area contributed by atoms with Gasteiger partial charge in [-0.05, 0) is 37.3 Å². The van der Waals surface area contributed by atoms with E-state index >= 15 is 0 Å². The van der Waals surface area contributed by atoms with Gasteiger partial charge in [-0.15, -0.1) is 24.2 Å². The average Bonchev–Trinajstić information content (AvgIpc) is 3.09. The predicted octanol–water partition coefficient (Wildman–Crippen LogP) is 4.26. The first kappa shape index (κ1) is 16.6. The molecule has 0 aliphatic heterocycles.